The third kappa shape index (κ3) is 3.82. The largest absolute Gasteiger partial charge is 0.462 e. The molecule has 4 aliphatic carbocycles. The summed E-state index contributed by atoms with van der Waals surface area (Å²) in [5.74, 6) is 2.12. The third-order valence-electron chi connectivity index (χ3n) is 9.81. The van der Waals surface area contributed by atoms with Crippen LogP contribution in [-0.4, -0.2) is 23.6 Å². The van der Waals surface area contributed by atoms with Crippen molar-refractivity contribution in [3.8, 4) is 0 Å². The molecule has 0 N–H and O–H groups in total. The van der Waals surface area contributed by atoms with Gasteiger partial charge < -0.3 is 4.74 Å². The Labute approximate surface area is 187 Å². The van der Waals surface area contributed by atoms with Crippen LogP contribution in [0.15, 0.2) is 11.6 Å². The number of carbonyl (C=O) groups excluding carboxylic acids is 3. The highest BCUT2D eigenvalue weighted by Crippen LogP contribution is 2.66. The third-order valence-corrected chi connectivity index (χ3v) is 9.81. The predicted octanol–water partition coefficient (Wildman–Crippen LogP) is 5.68. The summed E-state index contributed by atoms with van der Waals surface area (Å²) < 4.78 is 5.73. The van der Waals surface area contributed by atoms with Crippen LogP contribution < -0.4 is 0 Å². The minimum Gasteiger partial charge on any atom is -0.462 e. The van der Waals surface area contributed by atoms with Gasteiger partial charge in [-0.15, -0.1) is 0 Å². The Bertz CT molecular complexity index is 795. The summed E-state index contributed by atoms with van der Waals surface area (Å²) in [5.41, 5.74) is 1.84. The summed E-state index contributed by atoms with van der Waals surface area (Å²) in [4.78, 5) is 36.4. The Morgan fingerprint density at radius 3 is 2.48 bits per heavy atom. The summed E-state index contributed by atoms with van der Waals surface area (Å²) in [5, 5.41) is 0. The van der Waals surface area contributed by atoms with Crippen molar-refractivity contribution in [1.29, 1.82) is 0 Å². The monoisotopic (exact) mass is 428 g/mol. The molecule has 4 rings (SSSR count). The fourth-order valence-corrected chi connectivity index (χ4v) is 7.97. The van der Waals surface area contributed by atoms with Crippen LogP contribution in [0.3, 0.4) is 0 Å². The zero-order valence-electron chi connectivity index (χ0n) is 20.0. The molecular weight excluding hydrogens is 388 g/mol. The minimum atomic E-state index is -0.365. The SMILES string of the molecule is CC(=O)C1CCC2C3CC=C4CC(OC(=O)CC(=O)C(C)C)CCC4(C)C3CCC12C. The van der Waals surface area contributed by atoms with E-state index >= 15 is 0 Å². The first kappa shape index (κ1) is 22.7. The second-order valence-corrected chi connectivity index (χ2v) is 11.7. The van der Waals surface area contributed by atoms with Crippen molar-refractivity contribution in [2.45, 2.75) is 98.5 Å². The highest BCUT2D eigenvalue weighted by atomic mass is 16.5. The second kappa shape index (κ2) is 8.15. The zero-order chi connectivity index (χ0) is 22.6. The molecule has 3 fully saturated rings. The number of allylic oxidation sites excluding steroid dienone is 1. The van der Waals surface area contributed by atoms with Gasteiger partial charge in [0.1, 0.15) is 24.1 Å². The summed E-state index contributed by atoms with van der Waals surface area (Å²) in [6.45, 7) is 10.3. The van der Waals surface area contributed by atoms with Crippen LogP contribution in [0.25, 0.3) is 0 Å². The first-order chi connectivity index (χ1) is 14.6. The Hall–Kier alpha value is -1.45. The highest BCUT2D eigenvalue weighted by Gasteiger charge is 2.59. The van der Waals surface area contributed by atoms with Gasteiger partial charge in [0.25, 0.3) is 0 Å². The van der Waals surface area contributed by atoms with Gasteiger partial charge in [-0.2, -0.15) is 0 Å². The van der Waals surface area contributed by atoms with Crippen LogP contribution in [0.5, 0.6) is 0 Å². The number of carbonyl (C=O) groups is 3. The smallest absolute Gasteiger partial charge is 0.313 e. The van der Waals surface area contributed by atoms with E-state index in [4.69, 9.17) is 4.74 Å². The molecule has 0 aromatic carbocycles. The lowest BCUT2D eigenvalue weighted by atomic mass is 9.47. The molecule has 0 bridgehead atoms. The van der Waals surface area contributed by atoms with E-state index in [2.05, 4.69) is 19.9 Å². The maximum absolute atomic E-state index is 12.3. The molecule has 0 saturated heterocycles. The van der Waals surface area contributed by atoms with E-state index in [1.165, 1.54) is 24.8 Å². The van der Waals surface area contributed by atoms with Crippen molar-refractivity contribution in [3.05, 3.63) is 11.6 Å². The Kier molecular flexibility index (Phi) is 5.98. The summed E-state index contributed by atoms with van der Waals surface area (Å²) in [6, 6.07) is 0. The molecule has 7 unspecified atom stereocenters. The molecule has 172 valence electrons. The number of ketones is 2. The molecule has 0 aliphatic heterocycles. The van der Waals surface area contributed by atoms with Crippen LogP contribution >= 0.6 is 0 Å². The number of fused-ring (bicyclic) bond motifs is 5. The van der Waals surface area contributed by atoms with Crippen molar-refractivity contribution in [3.63, 3.8) is 0 Å². The molecule has 0 amide bonds. The van der Waals surface area contributed by atoms with Gasteiger partial charge in [-0.3, -0.25) is 14.4 Å². The molecule has 0 aromatic heterocycles. The van der Waals surface area contributed by atoms with Gasteiger partial charge in [0.15, 0.2) is 0 Å². The molecule has 4 aliphatic rings. The number of Topliss-reactive ketones (excluding diaryl/α,β-unsaturated/α-hetero) is 2. The quantitative estimate of drug-likeness (QED) is 0.321. The van der Waals surface area contributed by atoms with Gasteiger partial charge in [-0.05, 0) is 80.5 Å². The molecule has 4 heteroatoms. The Morgan fingerprint density at radius 1 is 1.06 bits per heavy atom. The van der Waals surface area contributed by atoms with E-state index in [0.717, 1.165) is 32.1 Å². The fourth-order valence-electron chi connectivity index (χ4n) is 7.97. The summed E-state index contributed by atoms with van der Waals surface area (Å²) in [7, 11) is 0. The number of hydrogen-bond acceptors (Lipinski definition) is 4. The lowest BCUT2D eigenvalue weighted by molar-refractivity contribution is -0.153. The van der Waals surface area contributed by atoms with Gasteiger partial charge in [0.05, 0.1) is 0 Å². The molecule has 0 radical (unpaired) electrons. The number of rotatable bonds is 5. The summed E-state index contributed by atoms with van der Waals surface area (Å²) >= 11 is 0. The van der Waals surface area contributed by atoms with E-state index in [0.29, 0.717) is 23.5 Å². The topological polar surface area (TPSA) is 60.4 Å². The lowest BCUT2D eigenvalue weighted by Gasteiger charge is -2.58. The van der Waals surface area contributed by atoms with Gasteiger partial charge in [-0.1, -0.05) is 39.3 Å². The Morgan fingerprint density at radius 2 is 1.81 bits per heavy atom. The van der Waals surface area contributed by atoms with Gasteiger partial charge >= 0.3 is 5.97 Å². The lowest BCUT2D eigenvalue weighted by Crippen LogP contribution is -2.51. The maximum Gasteiger partial charge on any atom is 0.313 e. The minimum absolute atomic E-state index is 0.0453. The van der Waals surface area contributed by atoms with Crippen molar-refractivity contribution >= 4 is 17.5 Å². The van der Waals surface area contributed by atoms with Crippen LogP contribution in [0.2, 0.25) is 0 Å². The van der Waals surface area contributed by atoms with Crippen LogP contribution in [0, 0.1) is 40.4 Å². The van der Waals surface area contributed by atoms with Crippen molar-refractivity contribution < 1.29 is 19.1 Å². The van der Waals surface area contributed by atoms with Crippen LogP contribution in [0.4, 0.5) is 0 Å². The van der Waals surface area contributed by atoms with E-state index in [9.17, 15) is 14.4 Å². The van der Waals surface area contributed by atoms with E-state index in [1.54, 1.807) is 6.92 Å². The number of hydrogen-bond donors (Lipinski definition) is 0. The number of esters is 1. The summed E-state index contributed by atoms with van der Waals surface area (Å²) in [6.07, 6.45) is 10.8. The van der Waals surface area contributed by atoms with Gasteiger partial charge in [-0.25, -0.2) is 0 Å². The molecule has 3 saturated carbocycles. The first-order valence-electron chi connectivity index (χ1n) is 12.5. The maximum atomic E-state index is 12.3. The molecule has 0 spiro atoms. The van der Waals surface area contributed by atoms with E-state index < -0.39 is 0 Å². The predicted molar refractivity (Wildman–Crippen MR) is 120 cm³/mol. The van der Waals surface area contributed by atoms with Gasteiger partial charge in [0, 0.05) is 18.3 Å². The highest BCUT2D eigenvalue weighted by molar-refractivity contribution is 5.96. The van der Waals surface area contributed by atoms with Crippen molar-refractivity contribution in [2.75, 3.05) is 0 Å². The zero-order valence-corrected chi connectivity index (χ0v) is 20.0. The van der Waals surface area contributed by atoms with E-state index in [-0.39, 0.29) is 46.9 Å². The van der Waals surface area contributed by atoms with Crippen LogP contribution in [0.1, 0.15) is 92.4 Å². The second-order valence-electron chi connectivity index (χ2n) is 11.7. The van der Waals surface area contributed by atoms with E-state index in [1.807, 2.05) is 13.8 Å². The molecule has 7 atom stereocenters. The average molecular weight is 429 g/mol. The Balaban J connectivity index is 1.46. The molecule has 31 heavy (non-hydrogen) atoms. The number of ether oxygens (including phenoxy) is 1. The molecule has 4 nitrogen and oxygen atoms in total. The van der Waals surface area contributed by atoms with Gasteiger partial charge in [0.2, 0.25) is 0 Å². The van der Waals surface area contributed by atoms with Crippen molar-refractivity contribution in [2.24, 2.45) is 40.4 Å². The first-order valence-corrected chi connectivity index (χ1v) is 12.5. The standard InChI is InChI=1S/C27H40O4/c1-16(2)24(29)15-25(30)31-19-10-12-26(4)18(14-19)6-7-20-22-9-8-21(17(3)28)27(22,5)13-11-23(20)26/h6,16,19-23H,7-15H2,1-5H3. The van der Waals surface area contributed by atoms with Crippen molar-refractivity contribution in [1.82, 2.24) is 0 Å². The molecular formula is C27H40O4. The average Bonchev–Trinajstić information content (AvgIpc) is 3.05. The fraction of sp³-hybridized carbons (Fsp3) is 0.815. The molecule has 0 aromatic rings. The van der Waals surface area contributed by atoms with Crippen LogP contribution in [-0.2, 0) is 19.1 Å². The molecule has 0 heterocycles. The normalized spacial score (nSPS) is 41.6.